The molecule has 8 heteroatoms. The summed E-state index contributed by atoms with van der Waals surface area (Å²) in [7, 11) is 1.66. The molecule has 3 rings (SSSR count). The fraction of sp³-hybridized carbons (Fsp3) is 0.500. The van der Waals surface area contributed by atoms with Gasteiger partial charge in [-0.15, -0.1) is 0 Å². The van der Waals surface area contributed by atoms with E-state index in [0.29, 0.717) is 32.7 Å². The number of methoxy groups -OCH3 is 1. The van der Waals surface area contributed by atoms with Crippen molar-refractivity contribution in [3.63, 3.8) is 0 Å². The Kier molecular flexibility index (Phi) is 8.50. The van der Waals surface area contributed by atoms with E-state index in [4.69, 9.17) is 4.74 Å². The quantitative estimate of drug-likeness (QED) is 0.644. The lowest BCUT2D eigenvalue weighted by Gasteiger charge is -2.35. The molecule has 184 valence electrons. The highest BCUT2D eigenvalue weighted by Gasteiger charge is 2.27. The van der Waals surface area contributed by atoms with E-state index in [9.17, 15) is 14.4 Å². The highest BCUT2D eigenvalue weighted by Crippen LogP contribution is 2.20. The van der Waals surface area contributed by atoms with E-state index in [2.05, 4.69) is 10.2 Å². The molecule has 34 heavy (non-hydrogen) atoms. The number of aromatic nitrogens is 1. The van der Waals surface area contributed by atoms with Crippen LogP contribution in [0.3, 0.4) is 0 Å². The molecule has 1 fully saturated rings. The molecule has 1 aromatic heterocycles. The van der Waals surface area contributed by atoms with Crippen molar-refractivity contribution in [3.8, 4) is 5.75 Å². The highest BCUT2D eigenvalue weighted by molar-refractivity contribution is 5.99. The van der Waals surface area contributed by atoms with Crippen molar-refractivity contribution < 1.29 is 14.3 Å². The van der Waals surface area contributed by atoms with Gasteiger partial charge >= 0.3 is 0 Å². The van der Waals surface area contributed by atoms with Gasteiger partial charge in [-0.3, -0.25) is 19.3 Å². The van der Waals surface area contributed by atoms with E-state index in [1.165, 1.54) is 0 Å². The highest BCUT2D eigenvalue weighted by atomic mass is 16.5. The Morgan fingerprint density at radius 2 is 1.65 bits per heavy atom. The third-order valence-corrected chi connectivity index (χ3v) is 6.03. The van der Waals surface area contributed by atoms with Gasteiger partial charge in [-0.25, -0.2) is 0 Å². The smallest absolute Gasteiger partial charge is 0.259 e. The molecule has 2 aromatic rings. The van der Waals surface area contributed by atoms with Crippen molar-refractivity contribution in [2.75, 3.05) is 39.8 Å². The fourth-order valence-corrected chi connectivity index (χ4v) is 3.96. The molecule has 1 aliphatic heterocycles. The van der Waals surface area contributed by atoms with E-state index >= 15 is 0 Å². The number of amides is 2. The number of rotatable bonds is 8. The lowest BCUT2D eigenvalue weighted by atomic mass is 10.1. The van der Waals surface area contributed by atoms with Gasteiger partial charge in [-0.05, 0) is 25.8 Å². The van der Waals surface area contributed by atoms with Crippen molar-refractivity contribution in [1.29, 1.82) is 0 Å². The van der Waals surface area contributed by atoms with Gasteiger partial charge in [0.05, 0.1) is 7.11 Å². The van der Waals surface area contributed by atoms with Crippen molar-refractivity contribution in [1.82, 2.24) is 19.7 Å². The predicted molar refractivity (Wildman–Crippen MR) is 132 cm³/mol. The van der Waals surface area contributed by atoms with Crippen LogP contribution in [-0.4, -0.2) is 66.0 Å². The van der Waals surface area contributed by atoms with Crippen LogP contribution in [0, 0.1) is 5.92 Å². The molecule has 1 saturated heterocycles. The molecule has 0 radical (unpaired) electrons. The first-order chi connectivity index (χ1) is 16.2. The number of carbonyl (C=O) groups excluding carboxylic acids is 2. The molecular weight excluding hydrogens is 432 g/mol. The molecule has 0 aliphatic carbocycles. The summed E-state index contributed by atoms with van der Waals surface area (Å²) in [5, 5.41) is 2.80. The fourth-order valence-electron chi connectivity index (χ4n) is 3.96. The molecular formula is C26H36N4O4. The number of para-hydroxylation sites is 1. The van der Waals surface area contributed by atoms with Gasteiger partial charge in [-0.1, -0.05) is 32.0 Å². The van der Waals surface area contributed by atoms with Crippen LogP contribution in [0.2, 0.25) is 0 Å². The van der Waals surface area contributed by atoms with Gasteiger partial charge in [0.1, 0.15) is 16.9 Å². The minimum atomic E-state index is -0.514. The zero-order valence-corrected chi connectivity index (χ0v) is 20.8. The first-order valence-corrected chi connectivity index (χ1v) is 11.9. The predicted octanol–water partition coefficient (Wildman–Crippen LogP) is 2.78. The third kappa shape index (κ3) is 6.05. The summed E-state index contributed by atoms with van der Waals surface area (Å²) in [5.74, 6) is 0.343. The Morgan fingerprint density at radius 3 is 2.26 bits per heavy atom. The Balaban J connectivity index is 1.75. The minimum Gasteiger partial charge on any atom is -0.496 e. The summed E-state index contributed by atoms with van der Waals surface area (Å²) in [6.45, 7) is 11.5. The van der Waals surface area contributed by atoms with E-state index in [1.54, 1.807) is 29.0 Å². The van der Waals surface area contributed by atoms with E-state index in [1.807, 2.05) is 52.0 Å². The van der Waals surface area contributed by atoms with Crippen molar-refractivity contribution >= 4 is 11.8 Å². The number of nitrogens with zero attached hydrogens (tertiary/aromatic N) is 3. The van der Waals surface area contributed by atoms with Gasteiger partial charge in [0.2, 0.25) is 5.43 Å². The van der Waals surface area contributed by atoms with Crippen LogP contribution in [0.5, 0.6) is 5.75 Å². The Labute approximate surface area is 201 Å². The number of carbonyl (C=O) groups is 2. The molecule has 1 N–H and O–H groups in total. The molecule has 0 spiro atoms. The van der Waals surface area contributed by atoms with Crippen LogP contribution in [0.15, 0.2) is 41.5 Å². The van der Waals surface area contributed by atoms with Crippen molar-refractivity contribution in [3.05, 3.63) is 63.6 Å². The normalized spacial score (nSPS) is 14.5. The van der Waals surface area contributed by atoms with Crippen molar-refractivity contribution in [2.24, 2.45) is 5.92 Å². The van der Waals surface area contributed by atoms with Crippen LogP contribution in [0.25, 0.3) is 0 Å². The van der Waals surface area contributed by atoms with Crippen LogP contribution < -0.4 is 15.5 Å². The number of nitrogens with one attached hydrogen (secondary N) is 1. The molecule has 0 unspecified atom stereocenters. The van der Waals surface area contributed by atoms with Gasteiger partial charge in [0, 0.05) is 63.3 Å². The zero-order chi connectivity index (χ0) is 24.8. The molecule has 0 atom stereocenters. The Bertz CT molecular complexity index is 1070. The zero-order valence-electron chi connectivity index (χ0n) is 20.8. The molecule has 1 aliphatic rings. The third-order valence-electron chi connectivity index (χ3n) is 6.03. The second-order valence-corrected chi connectivity index (χ2v) is 9.44. The van der Waals surface area contributed by atoms with Crippen LogP contribution >= 0.6 is 0 Å². The van der Waals surface area contributed by atoms with Crippen LogP contribution in [-0.2, 0) is 6.54 Å². The largest absolute Gasteiger partial charge is 0.496 e. The second-order valence-electron chi connectivity index (χ2n) is 9.44. The van der Waals surface area contributed by atoms with Gasteiger partial charge in [0.15, 0.2) is 0 Å². The summed E-state index contributed by atoms with van der Waals surface area (Å²) in [5.41, 5.74) is 0.642. The lowest BCUT2D eigenvalue weighted by molar-refractivity contribution is 0.0625. The molecule has 0 bridgehead atoms. The topological polar surface area (TPSA) is 83.9 Å². The average Bonchev–Trinajstić information content (AvgIpc) is 2.83. The number of pyridine rings is 1. The number of piperazine rings is 1. The first kappa shape index (κ1) is 25.5. The molecule has 8 nitrogen and oxygen atoms in total. The minimum absolute atomic E-state index is 0.00139. The van der Waals surface area contributed by atoms with Crippen molar-refractivity contribution in [2.45, 2.75) is 40.3 Å². The number of hydrogen-bond acceptors (Lipinski definition) is 5. The SMILES string of the molecule is COc1ccccc1CN1CCN(C(=O)c2cn(C(C)C)cc(C(=O)NCC(C)C)c2=O)CC1. The maximum atomic E-state index is 13.3. The molecule has 0 saturated carbocycles. The number of hydrogen-bond donors (Lipinski definition) is 1. The molecule has 2 amide bonds. The monoisotopic (exact) mass is 468 g/mol. The van der Waals surface area contributed by atoms with Gasteiger partial charge in [0.25, 0.3) is 11.8 Å². The number of benzene rings is 1. The summed E-state index contributed by atoms with van der Waals surface area (Å²) in [6, 6.07) is 7.92. The number of ether oxygens (including phenoxy) is 1. The summed E-state index contributed by atoms with van der Waals surface area (Å²) >= 11 is 0. The Hall–Kier alpha value is -3.13. The standard InChI is InChI=1S/C26H36N4O4/c1-18(2)14-27-25(32)21-16-30(19(3)4)17-22(24(21)31)26(33)29-12-10-28(11-13-29)15-20-8-6-7-9-23(20)34-5/h6-9,16-19H,10-15H2,1-5H3,(H,27,32). The maximum absolute atomic E-state index is 13.3. The maximum Gasteiger partial charge on any atom is 0.259 e. The van der Waals surface area contributed by atoms with E-state index in [0.717, 1.165) is 17.9 Å². The van der Waals surface area contributed by atoms with E-state index in [-0.39, 0.29) is 29.0 Å². The van der Waals surface area contributed by atoms with Gasteiger partial charge < -0.3 is 19.5 Å². The average molecular weight is 469 g/mol. The lowest BCUT2D eigenvalue weighted by Crippen LogP contribution is -2.49. The summed E-state index contributed by atoms with van der Waals surface area (Å²) < 4.78 is 7.21. The van der Waals surface area contributed by atoms with Crippen LogP contribution in [0.1, 0.15) is 60.0 Å². The summed E-state index contributed by atoms with van der Waals surface area (Å²) in [4.78, 5) is 43.2. The second kappa shape index (κ2) is 11.3. The van der Waals surface area contributed by atoms with Gasteiger partial charge in [-0.2, -0.15) is 0 Å². The summed E-state index contributed by atoms with van der Waals surface area (Å²) in [6.07, 6.45) is 3.13. The van der Waals surface area contributed by atoms with Crippen LogP contribution in [0.4, 0.5) is 0 Å². The van der Waals surface area contributed by atoms with E-state index < -0.39 is 11.3 Å². The first-order valence-electron chi connectivity index (χ1n) is 11.9. The molecule has 2 heterocycles. The molecule has 1 aromatic carbocycles. The Morgan fingerprint density at radius 1 is 1.00 bits per heavy atom.